The third-order valence-electron chi connectivity index (χ3n) is 3.51. The molecule has 6 heteroatoms. The van der Waals surface area contributed by atoms with Crippen molar-refractivity contribution in [3.8, 4) is 0 Å². The Labute approximate surface area is 123 Å². The Morgan fingerprint density at radius 1 is 1.55 bits per heavy atom. The normalized spacial score (nSPS) is 27.7. The van der Waals surface area contributed by atoms with Crippen LogP contribution < -0.4 is 0 Å². The summed E-state index contributed by atoms with van der Waals surface area (Å²) in [4.78, 5) is 17.3. The van der Waals surface area contributed by atoms with E-state index < -0.39 is 11.6 Å². The maximum absolute atomic E-state index is 12.3. The summed E-state index contributed by atoms with van der Waals surface area (Å²) >= 11 is 1.77. The molecule has 0 aliphatic carbocycles. The van der Waals surface area contributed by atoms with Crippen molar-refractivity contribution in [2.45, 2.75) is 45.1 Å². The zero-order valence-corrected chi connectivity index (χ0v) is 12.8. The summed E-state index contributed by atoms with van der Waals surface area (Å²) in [6.45, 7) is 4.11. The van der Waals surface area contributed by atoms with E-state index in [0.717, 1.165) is 24.3 Å². The second-order valence-corrected chi connectivity index (χ2v) is 6.14. The number of aliphatic hydroxyl groups is 1. The van der Waals surface area contributed by atoms with Crippen molar-refractivity contribution in [2.24, 2.45) is 5.16 Å². The maximum Gasteiger partial charge on any atom is 0.344 e. The first-order valence-corrected chi connectivity index (χ1v) is 8.19. The van der Waals surface area contributed by atoms with Crippen LogP contribution in [-0.2, 0) is 14.4 Å². The van der Waals surface area contributed by atoms with Gasteiger partial charge in [-0.1, -0.05) is 12.1 Å². The van der Waals surface area contributed by atoms with Crippen molar-refractivity contribution in [2.75, 3.05) is 18.1 Å². The van der Waals surface area contributed by atoms with E-state index in [1.165, 1.54) is 0 Å². The van der Waals surface area contributed by atoms with Gasteiger partial charge in [0.05, 0.1) is 5.71 Å². The second kappa shape index (κ2) is 6.52. The zero-order valence-electron chi connectivity index (χ0n) is 12.0. The van der Waals surface area contributed by atoms with Gasteiger partial charge in [0, 0.05) is 12.2 Å². The van der Waals surface area contributed by atoms with Gasteiger partial charge in [-0.05, 0) is 31.9 Å². The lowest BCUT2D eigenvalue weighted by atomic mass is 9.89. The highest BCUT2D eigenvalue weighted by Crippen LogP contribution is 2.39. The molecule has 0 amide bonds. The van der Waals surface area contributed by atoms with Gasteiger partial charge in [0.15, 0.2) is 0 Å². The van der Waals surface area contributed by atoms with Crippen LogP contribution in [0.5, 0.6) is 0 Å². The largest absolute Gasteiger partial charge is 0.511 e. The van der Waals surface area contributed by atoms with Crippen LogP contribution in [0, 0.1) is 0 Å². The monoisotopic (exact) mass is 299 g/mol. The molecule has 20 heavy (non-hydrogen) atoms. The molecule has 0 aromatic rings. The molecule has 2 aliphatic heterocycles. The van der Waals surface area contributed by atoms with Gasteiger partial charge in [-0.2, -0.15) is 11.8 Å². The summed E-state index contributed by atoms with van der Waals surface area (Å²) in [6, 6.07) is 0. The smallest absolute Gasteiger partial charge is 0.344 e. The number of hydrogen-bond donors (Lipinski definition) is 1. The van der Waals surface area contributed by atoms with E-state index in [0.29, 0.717) is 25.2 Å². The molecule has 1 N–H and O–H groups in total. The van der Waals surface area contributed by atoms with Gasteiger partial charge in [0.2, 0.25) is 0 Å². The second-order valence-electron chi connectivity index (χ2n) is 5.04. The van der Waals surface area contributed by atoms with Crippen LogP contribution in [0.15, 0.2) is 16.5 Å². The fourth-order valence-electron chi connectivity index (χ4n) is 2.56. The van der Waals surface area contributed by atoms with E-state index in [9.17, 15) is 9.90 Å². The number of nitrogens with zero attached hydrogens (tertiary/aromatic N) is 1. The lowest BCUT2D eigenvalue weighted by molar-refractivity contribution is -0.156. The van der Waals surface area contributed by atoms with E-state index in [-0.39, 0.29) is 11.3 Å². The molecule has 0 aromatic heterocycles. The maximum atomic E-state index is 12.3. The van der Waals surface area contributed by atoms with Crippen LogP contribution >= 0.6 is 11.8 Å². The Morgan fingerprint density at radius 3 is 2.90 bits per heavy atom. The van der Waals surface area contributed by atoms with Gasteiger partial charge in [0.1, 0.15) is 23.5 Å². The van der Waals surface area contributed by atoms with Crippen molar-refractivity contribution in [3.63, 3.8) is 0 Å². The number of rotatable bonds is 4. The summed E-state index contributed by atoms with van der Waals surface area (Å²) in [5.74, 6) is 1.45. The quantitative estimate of drug-likeness (QED) is 0.491. The molecular weight excluding hydrogens is 278 g/mol. The highest BCUT2D eigenvalue weighted by atomic mass is 32.2. The predicted molar refractivity (Wildman–Crippen MR) is 79.0 cm³/mol. The van der Waals surface area contributed by atoms with Crippen LogP contribution in [0.2, 0.25) is 0 Å². The summed E-state index contributed by atoms with van der Waals surface area (Å²) in [5, 5.41) is 14.2. The summed E-state index contributed by atoms with van der Waals surface area (Å²) in [7, 11) is 0. The number of esters is 1. The Balaban J connectivity index is 2.25. The van der Waals surface area contributed by atoms with Crippen molar-refractivity contribution in [1.29, 1.82) is 0 Å². The molecule has 112 valence electrons. The van der Waals surface area contributed by atoms with Gasteiger partial charge in [-0.25, -0.2) is 4.79 Å². The lowest BCUT2D eigenvalue weighted by Crippen LogP contribution is -2.45. The third-order valence-corrected chi connectivity index (χ3v) is 4.81. The van der Waals surface area contributed by atoms with E-state index in [1.807, 2.05) is 13.8 Å². The fraction of sp³-hybridized carbons (Fsp3) is 0.714. The van der Waals surface area contributed by atoms with Crippen molar-refractivity contribution in [1.82, 2.24) is 0 Å². The van der Waals surface area contributed by atoms with Gasteiger partial charge < -0.3 is 14.7 Å². The molecule has 1 unspecified atom stereocenters. The first-order chi connectivity index (χ1) is 9.62. The molecule has 0 aromatic carbocycles. The predicted octanol–water partition coefficient (Wildman–Crippen LogP) is 2.81. The third kappa shape index (κ3) is 3.11. The topological polar surface area (TPSA) is 68.1 Å². The van der Waals surface area contributed by atoms with E-state index in [4.69, 9.17) is 9.57 Å². The number of oxime groups is 1. The number of hydrogen-bond acceptors (Lipinski definition) is 6. The number of carbonyl (C=O) groups is 1. The average molecular weight is 299 g/mol. The van der Waals surface area contributed by atoms with E-state index in [2.05, 4.69) is 5.16 Å². The van der Waals surface area contributed by atoms with E-state index >= 15 is 0 Å². The Morgan fingerprint density at radius 2 is 2.35 bits per heavy atom. The van der Waals surface area contributed by atoms with Gasteiger partial charge in [-0.15, -0.1) is 0 Å². The van der Waals surface area contributed by atoms with Gasteiger partial charge in [0.25, 0.3) is 0 Å². The molecular formula is C14H21NO4S. The lowest BCUT2D eigenvalue weighted by Gasteiger charge is -2.39. The molecule has 1 fully saturated rings. The van der Waals surface area contributed by atoms with Crippen molar-refractivity contribution < 1.29 is 19.5 Å². The number of aliphatic hydroxyl groups excluding tert-OH is 1. The van der Waals surface area contributed by atoms with Crippen LogP contribution in [0.1, 0.15) is 39.5 Å². The highest BCUT2D eigenvalue weighted by molar-refractivity contribution is 7.99. The SMILES string of the molecule is CCO/N=C(/CC)C1=C(O)CC2(CCCSC2)OC1=O. The van der Waals surface area contributed by atoms with Crippen molar-refractivity contribution >= 4 is 23.4 Å². The zero-order chi connectivity index (χ0) is 14.6. The van der Waals surface area contributed by atoms with Crippen LogP contribution in [0.25, 0.3) is 0 Å². The summed E-state index contributed by atoms with van der Waals surface area (Å²) < 4.78 is 5.65. The summed E-state index contributed by atoms with van der Waals surface area (Å²) in [5.41, 5.74) is 0.104. The molecule has 2 heterocycles. The number of carbonyl (C=O) groups excluding carboxylic acids is 1. The highest BCUT2D eigenvalue weighted by Gasteiger charge is 2.44. The Kier molecular flexibility index (Phi) is 4.96. The summed E-state index contributed by atoms with van der Waals surface area (Å²) in [6.07, 6.45) is 2.71. The molecule has 2 rings (SSSR count). The van der Waals surface area contributed by atoms with Crippen LogP contribution in [0.3, 0.4) is 0 Å². The van der Waals surface area contributed by atoms with Gasteiger partial charge in [-0.3, -0.25) is 0 Å². The van der Waals surface area contributed by atoms with Crippen LogP contribution in [0.4, 0.5) is 0 Å². The van der Waals surface area contributed by atoms with Crippen LogP contribution in [-0.4, -0.2) is 40.5 Å². The molecule has 1 saturated heterocycles. The molecule has 1 spiro atoms. The number of thioether (sulfide) groups is 1. The molecule has 0 saturated carbocycles. The molecule has 2 aliphatic rings. The molecule has 5 nitrogen and oxygen atoms in total. The first-order valence-electron chi connectivity index (χ1n) is 7.04. The van der Waals surface area contributed by atoms with Crippen molar-refractivity contribution in [3.05, 3.63) is 11.3 Å². The first kappa shape index (κ1) is 15.2. The fourth-order valence-corrected chi connectivity index (χ4v) is 3.73. The Bertz CT molecular complexity index is 438. The average Bonchev–Trinajstić information content (AvgIpc) is 2.42. The number of ether oxygens (including phenoxy) is 1. The minimum atomic E-state index is -0.530. The van der Waals surface area contributed by atoms with Gasteiger partial charge >= 0.3 is 5.97 Å². The van der Waals surface area contributed by atoms with E-state index in [1.54, 1.807) is 11.8 Å². The molecule has 1 atom stereocenters. The minimum Gasteiger partial charge on any atom is -0.511 e. The Hall–Kier alpha value is -1.17. The molecule has 0 bridgehead atoms. The minimum absolute atomic E-state index is 0.0871. The molecule has 0 radical (unpaired) electrons. The standard InChI is InChI=1S/C14H21NO4S/c1-3-10(15-18-4-2)12-11(16)8-14(19-13(12)17)6-5-7-20-9-14/h16H,3-9H2,1-2H3/b15-10-.